The number of thioether (sulfide) groups is 1. The van der Waals surface area contributed by atoms with Crippen LogP contribution in [0.15, 0.2) is 64.9 Å². The Bertz CT molecular complexity index is 897. The Balaban J connectivity index is 1.55. The van der Waals surface area contributed by atoms with Crippen LogP contribution >= 0.6 is 11.8 Å². The van der Waals surface area contributed by atoms with Gasteiger partial charge in [-0.3, -0.25) is 4.79 Å². The third-order valence-electron chi connectivity index (χ3n) is 3.31. The lowest BCUT2D eigenvalue weighted by Gasteiger charge is -2.04. The molecule has 9 heteroatoms. The van der Waals surface area contributed by atoms with Gasteiger partial charge in [0.2, 0.25) is 5.16 Å². The number of benzene rings is 2. The molecule has 0 saturated carbocycles. The number of aromatic nitrogens is 4. The molecule has 1 N–H and O–H groups in total. The first kappa shape index (κ1) is 17.6. The van der Waals surface area contributed by atoms with E-state index in [0.717, 1.165) is 11.3 Å². The van der Waals surface area contributed by atoms with Gasteiger partial charge in [0.05, 0.1) is 24.8 Å². The van der Waals surface area contributed by atoms with Crippen LogP contribution in [0.2, 0.25) is 0 Å². The molecule has 8 nitrogen and oxygen atoms in total. The van der Waals surface area contributed by atoms with E-state index in [9.17, 15) is 4.79 Å². The number of methoxy groups -OCH3 is 1. The summed E-state index contributed by atoms with van der Waals surface area (Å²) in [4.78, 5) is 12.0. The second kappa shape index (κ2) is 8.77. The minimum Gasteiger partial charge on any atom is -0.496 e. The first-order chi connectivity index (χ1) is 12.8. The standard InChI is InChI=1S/C17H16N6O2S/c1-25-15-10-6-5-7-13(15)11-18-19-16(24)12-26-17-20-21-22-23(17)14-8-3-2-4-9-14/h2-11H,12H2,1H3,(H,19,24)/b18-11-. The van der Waals surface area contributed by atoms with Gasteiger partial charge in [-0.05, 0) is 34.7 Å². The van der Waals surface area contributed by atoms with Gasteiger partial charge in [-0.1, -0.05) is 42.1 Å². The van der Waals surface area contributed by atoms with Crippen molar-refractivity contribution in [1.82, 2.24) is 25.6 Å². The summed E-state index contributed by atoms with van der Waals surface area (Å²) in [7, 11) is 1.58. The molecule has 0 radical (unpaired) electrons. The molecule has 0 spiro atoms. The maximum atomic E-state index is 12.0. The molecule has 0 unspecified atom stereocenters. The predicted octanol–water partition coefficient (Wildman–Crippen LogP) is 1.91. The lowest BCUT2D eigenvalue weighted by molar-refractivity contribution is -0.118. The fourth-order valence-corrected chi connectivity index (χ4v) is 2.79. The number of carbonyl (C=O) groups excluding carboxylic acids is 1. The number of ether oxygens (including phenoxy) is 1. The van der Waals surface area contributed by atoms with E-state index in [1.807, 2.05) is 54.6 Å². The van der Waals surface area contributed by atoms with Crippen molar-refractivity contribution >= 4 is 23.9 Å². The zero-order valence-corrected chi connectivity index (χ0v) is 14.8. The molecule has 0 bridgehead atoms. The lowest BCUT2D eigenvalue weighted by atomic mass is 10.2. The summed E-state index contributed by atoms with van der Waals surface area (Å²) in [6, 6.07) is 16.9. The number of para-hydroxylation sites is 2. The van der Waals surface area contributed by atoms with Gasteiger partial charge in [-0.25, -0.2) is 5.43 Å². The smallest absolute Gasteiger partial charge is 0.250 e. The van der Waals surface area contributed by atoms with Gasteiger partial charge in [0.15, 0.2) is 0 Å². The van der Waals surface area contributed by atoms with E-state index < -0.39 is 0 Å². The molecular weight excluding hydrogens is 352 g/mol. The maximum Gasteiger partial charge on any atom is 0.250 e. The van der Waals surface area contributed by atoms with Crippen molar-refractivity contribution in [3.63, 3.8) is 0 Å². The number of amides is 1. The largest absolute Gasteiger partial charge is 0.496 e. The van der Waals surface area contributed by atoms with Gasteiger partial charge in [-0.15, -0.1) is 5.10 Å². The summed E-state index contributed by atoms with van der Waals surface area (Å²) >= 11 is 1.23. The molecule has 3 aromatic rings. The first-order valence-electron chi connectivity index (χ1n) is 7.69. The zero-order chi connectivity index (χ0) is 18.2. The van der Waals surface area contributed by atoms with E-state index >= 15 is 0 Å². The minimum atomic E-state index is -0.260. The number of hydrogen-bond donors (Lipinski definition) is 1. The molecule has 2 aromatic carbocycles. The highest BCUT2D eigenvalue weighted by Crippen LogP contribution is 2.17. The molecular formula is C17H16N6O2S. The van der Waals surface area contributed by atoms with Crippen LogP contribution in [-0.4, -0.2) is 45.2 Å². The molecule has 0 aliphatic rings. The van der Waals surface area contributed by atoms with Gasteiger partial charge < -0.3 is 4.74 Å². The van der Waals surface area contributed by atoms with Crippen LogP contribution < -0.4 is 10.2 Å². The Morgan fingerprint density at radius 2 is 2.00 bits per heavy atom. The molecule has 0 atom stereocenters. The Hall–Kier alpha value is -3.20. The van der Waals surface area contributed by atoms with E-state index in [0.29, 0.717) is 10.9 Å². The van der Waals surface area contributed by atoms with Crippen molar-refractivity contribution in [3.05, 3.63) is 60.2 Å². The van der Waals surface area contributed by atoms with Gasteiger partial charge in [0.25, 0.3) is 5.91 Å². The third kappa shape index (κ3) is 4.45. The monoisotopic (exact) mass is 368 g/mol. The Morgan fingerprint density at radius 3 is 2.81 bits per heavy atom. The minimum absolute atomic E-state index is 0.135. The average Bonchev–Trinajstić information content (AvgIpc) is 3.16. The highest BCUT2D eigenvalue weighted by atomic mass is 32.2. The maximum absolute atomic E-state index is 12.0. The van der Waals surface area contributed by atoms with Crippen molar-refractivity contribution in [2.45, 2.75) is 5.16 Å². The van der Waals surface area contributed by atoms with Crippen molar-refractivity contribution in [3.8, 4) is 11.4 Å². The van der Waals surface area contributed by atoms with E-state index in [4.69, 9.17) is 4.74 Å². The van der Waals surface area contributed by atoms with E-state index in [-0.39, 0.29) is 11.7 Å². The second-order valence-electron chi connectivity index (χ2n) is 5.03. The number of nitrogens with zero attached hydrogens (tertiary/aromatic N) is 5. The molecule has 1 amide bonds. The number of nitrogens with one attached hydrogen (secondary N) is 1. The summed E-state index contributed by atoms with van der Waals surface area (Å²) in [5.41, 5.74) is 4.08. The number of hydrazone groups is 1. The molecule has 3 rings (SSSR count). The zero-order valence-electron chi connectivity index (χ0n) is 13.9. The Labute approximate surface area is 154 Å². The molecule has 0 saturated heterocycles. The van der Waals surface area contributed by atoms with Crippen LogP contribution in [-0.2, 0) is 4.79 Å². The van der Waals surface area contributed by atoms with Gasteiger partial charge in [-0.2, -0.15) is 9.78 Å². The summed E-state index contributed by atoms with van der Waals surface area (Å²) in [6.45, 7) is 0. The number of tetrazole rings is 1. The number of hydrogen-bond acceptors (Lipinski definition) is 7. The second-order valence-corrected chi connectivity index (χ2v) is 5.98. The first-order valence-corrected chi connectivity index (χ1v) is 8.68. The topological polar surface area (TPSA) is 94.3 Å². The van der Waals surface area contributed by atoms with Crippen molar-refractivity contribution in [1.29, 1.82) is 0 Å². The SMILES string of the molecule is COc1ccccc1/C=N\NC(=O)CSc1nnnn1-c1ccccc1. The summed E-state index contributed by atoms with van der Waals surface area (Å²) in [5, 5.41) is 16.0. The van der Waals surface area contributed by atoms with E-state index in [1.54, 1.807) is 11.8 Å². The quantitative estimate of drug-likeness (QED) is 0.389. The molecule has 26 heavy (non-hydrogen) atoms. The Morgan fingerprint density at radius 1 is 1.23 bits per heavy atom. The third-order valence-corrected chi connectivity index (χ3v) is 4.23. The van der Waals surface area contributed by atoms with Gasteiger partial charge in [0.1, 0.15) is 5.75 Å². The summed E-state index contributed by atoms with van der Waals surface area (Å²) < 4.78 is 6.80. The van der Waals surface area contributed by atoms with Crippen molar-refractivity contribution in [2.75, 3.05) is 12.9 Å². The van der Waals surface area contributed by atoms with Crippen LogP contribution in [0.5, 0.6) is 5.75 Å². The van der Waals surface area contributed by atoms with Crippen LogP contribution in [0.3, 0.4) is 0 Å². The summed E-state index contributed by atoms with van der Waals surface area (Å²) in [6.07, 6.45) is 1.54. The van der Waals surface area contributed by atoms with Gasteiger partial charge >= 0.3 is 0 Å². The fourth-order valence-electron chi connectivity index (χ4n) is 2.11. The number of rotatable bonds is 7. The van der Waals surface area contributed by atoms with Gasteiger partial charge in [0, 0.05) is 5.56 Å². The van der Waals surface area contributed by atoms with Crippen LogP contribution in [0.4, 0.5) is 0 Å². The van der Waals surface area contributed by atoms with Crippen LogP contribution in [0, 0.1) is 0 Å². The van der Waals surface area contributed by atoms with E-state index in [2.05, 4.69) is 26.1 Å². The molecule has 0 aliphatic carbocycles. The van der Waals surface area contributed by atoms with Crippen LogP contribution in [0.25, 0.3) is 5.69 Å². The van der Waals surface area contributed by atoms with Crippen molar-refractivity contribution in [2.24, 2.45) is 5.10 Å². The molecule has 1 aromatic heterocycles. The van der Waals surface area contributed by atoms with E-state index in [1.165, 1.54) is 18.0 Å². The molecule has 0 aliphatic heterocycles. The van der Waals surface area contributed by atoms with Crippen molar-refractivity contribution < 1.29 is 9.53 Å². The van der Waals surface area contributed by atoms with Crippen LogP contribution in [0.1, 0.15) is 5.56 Å². The average molecular weight is 368 g/mol. The molecule has 1 heterocycles. The normalized spacial score (nSPS) is 10.8. The molecule has 0 fully saturated rings. The number of carbonyl (C=O) groups is 1. The summed E-state index contributed by atoms with van der Waals surface area (Å²) in [5.74, 6) is 0.557. The fraction of sp³-hybridized carbons (Fsp3) is 0.118. The highest BCUT2D eigenvalue weighted by molar-refractivity contribution is 7.99. The Kier molecular flexibility index (Phi) is 5.94. The molecule has 132 valence electrons. The lowest BCUT2D eigenvalue weighted by Crippen LogP contribution is -2.20. The predicted molar refractivity (Wildman–Crippen MR) is 98.6 cm³/mol. The highest BCUT2D eigenvalue weighted by Gasteiger charge is 2.11.